The van der Waals surface area contributed by atoms with E-state index in [1.165, 1.54) is 0 Å². The Morgan fingerprint density at radius 2 is 2.00 bits per heavy atom. The summed E-state index contributed by atoms with van der Waals surface area (Å²) in [5.74, 6) is 1.19. The maximum Gasteiger partial charge on any atom is 0.311 e. The molecule has 1 aromatic carbocycles. The van der Waals surface area contributed by atoms with E-state index in [0.29, 0.717) is 18.8 Å². The lowest BCUT2D eigenvalue weighted by atomic mass is 10.2. The summed E-state index contributed by atoms with van der Waals surface area (Å²) in [5, 5.41) is 2.65. The molecule has 5 nitrogen and oxygen atoms in total. The van der Waals surface area contributed by atoms with Gasteiger partial charge in [0.05, 0.1) is 18.1 Å². The minimum atomic E-state index is -3.56. The molecule has 114 valence electrons. The van der Waals surface area contributed by atoms with Gasteiger partial charge in [0.2, 0.25) is 0 Å². The maximum absolute atomic E-state index is 11.7. The molecule has 0 unspecified atom stereocenters. The third-order valence-corrected chi connectivity index (χ3v) is 4.48. The number of furan rings is 1. The first kappa shape index (κ1) is 15.6. The second-order valence-electron chi connectivity index (χ2n) is 4.96. The highest BCUT2D eigenvalue weighted by atomic mass is 32.2. The fraction of sp³-hybridized carbons (Fsp3) is 0.333. The molecule has 0 radical (unpaired) electrons. The zero-order valence-electron chi connectivity index (χ0n) is 12.1. The van der Waals surface area contributed by atoms with Crippen molar-refractivity contribution in [3.63, 3.8) is 0 Å². The largest absolute Gasteiger partial charge is 0.468 e. The van der Waals surface area contributed by atoms with Gasteiger partial charge in [-0.05, 0) is 43.7 Å². The summed E-state index contributed by atoms with van der Waals surface area (Å²) in [4.78, 5) is 0. The van der Waals surface area contributed by atoms with Crippen LogP contribution in [0, 0.1) is 0 Å². The van der Waals surface area contributed by atoms with Crippen molar-refractivity contribution in [3.05, 3.63) is 54.0 Å². The normalized spacial score (nSPS) is 11.8. The Morgan fingerprint density at radius 1 is 1.19 bits per heavy atom. The van der Waals surface area contributed by atoms with Crippen molar-refractivity contribution in [2.24, 2.45) is 0 Å². The quantitative estimate of drug-likeness (QED) is 0.796. The van der Waals surface area contributed by atoms with E-state index in [1.807, 2.05) is 18.2 Å². The maximum atomic E-state index is 11.7. The second kappa shape index (κ2) is 6.78. The molecule has 0 spiro atoms. The number of nitrogens with one attached hydrogen (secondary N) is 1. The van der Waals surface area contributed by atoms with Gasteiger partial charge in [0.1, 0.15) is 11.5 Å². The molecule has 0 amide bonds. The van der Waals surface area contributed by atoms with Crippen LogP contribution in [0.2, 0.25) is 0 Å². The number of hydrogen-bond acceptors (Lipinski definition) is 5. The van der Waals surface area contributed by atoms with E-state index >= 15 is 0 Å². The van der Waals surface area contributed by atoms with E-state index in [9.17, 15) is 8.42 Å². The van der Waals surface area contributed by atoms with Crippen LogP contribution in [0.1, 0.15) is 25.2 Å². The van der Waals surface area contributed by atoms with Gasteiger partial charge >= 0.3 is 10.1 Å². The Balaban J connectivity index is 1.94. The monoisotopic (exact) mass is 309 g/mol. The van der Waals surface area contributed by atoms with Gasteiger partial charge in [0.25, 0.3) is 0 Å². The second-order valence-corrected chi connectivity index (χ2v) is 7.05. The number of rotatable bonds is 7. The molecule has 0 saturated carbocycles. The highest BCUT2D eigenvalue weighted by molar-refractivity contribution is 7.87. The molecule has 0 saturated heterocycles. The van der Waals surface area contributed by atoms with Gasteiger partial charge in [-0.25, -0.2) is 0 Å². The molecule has 2 aromatic rings. The highest BCUT2D eigenvalue weighted by Gasteiger charge is 2.18. The lowest BCUT2D eigenvalue weighted by molar-refractivity contribution is 0.475. The van der Waals surface area contributed by atoms with E-state index in [-0.39, 0.29) is 0 Å². The average molecular weight is 309 g/mol. The first-order valence-corrected chi connectivity index (χ1v) is 8.20. The van der Waals surface area contributed by atoms with Gasteiger partial charge in [-0.2, -0.15) is 8.42 Å². The van der Waals surface area contributed by atoms with Crippen molar-refractivity contribution < 1.29 is 17.0 Å². The van der Waals surface area contributed by atoms with Crippen LogP contribution >= 0.6 is 0 Å². The first-order chi connectivity index (χ1) is 9.97. The molecule has 0 atom stereocenters. The Hall–Kier alpha value is -1.79. The summed E-state index contributed by atoms with van der Waals surface area (Å²) in [6, 6.07) is 10.8. The molecule has 1 heterocycles. The van der Waals surface area contributed by atoms with Gasteiger partial charge in [0, 0.05) is 6.54 Å². The van der Waals surface area contributed by atoms with Crippen molar-refractivity contribution in [3.8, 4) is 5.75 Å². The predicted molar refractivity (Wildman–Crippen MR) is 80.4 cm³/mol. The lowest BCUT2D eigenvalue weighted by Crippen LogP contribution is -2.20. The fourth-order valence-corrected chi connectivity index (χ4v) is 2.25. The first-order valence-electron chi connectivity index (χ1n) is 6.73. The molecule has 0 bridgehead atoms. The van der Waals surface area contributed by atoms with Crippen LogP contribution in [-0.4, -0.2) is 13.7 Å². The van der Waals surface area contributed by atoms with E-state index in [2.05, 4.69) is 5.32 Å². The molecule has 1 N–H and O–H groups in total. The highest BCUT2D eigenvalue weighted by Crippen LogP contribution is 2.17. The van der Waals surface area contributed by atoms with Crippen LogP contribution < -0.4 is 9.50 Å². The molecule has 1 aromatic heterocycles. The molecule has 0 aliphatic carbocycles. The van der Waals surface area contributed by atoms with Crippen LogP contribution in [0.15, 0.2) is 47.1 Å². The fourth-order valence-electron chi connectivity index (χ4n) is 1.68. The van der Waals surface area contributed by atoms with E-state index < -0.39 is 15.4 Å². The summed E-state index contributed by atoms with van der Waals surface area (Å²) in [6.45, 7) is 4.39. The third kappa shape index (κ3) is 4.61. The van der Waals surface area contributed by atoms with Crippen molar-refractivity contribution in [2.45, 2.75) is 32.2 Å². The molecular weight excluding hydrogens is 290 g/mol. The summed E-state index contributed by atoms with van der Waals surface area (Å²) < 4.78 is 33.8. The van der Waals surface area contributed by atoms with Gasteiger partial charge < -0.3 is 13.9 Å². The molecule has 6 heteroatoms. The summed E-state index contributed by atoms with van der Waals surface area (Å²) >= 11 is 0. The van der Waals surface area contributed by atoms with Crippen LogP contribution in [0.4, 0.5) is 0 Å². The average Bonchev–Trinajstić information content (AvgIpc) is 2.91. The summed E-state index contributed by atoms with van der Waals surface area (Å²) in [7, 11) is -3.56. The van der Waals surface area contributed by atoms with E-state index in [0.717, 1.165) is 11.3 Å². The van der Waals surface area contributed by atoms with Gasteiger partial charge in [0.15, 0.2) is 0 Å². The minimum Gasteiger partial charge on any atom is -0.468 e. The van der Waals surface area contributed by atoms with Crippen molar-refractivity contribution in [1.82, 2.24) is 5.32 Å². The SMILES string of the molecule is CC(C)S(=O)(=O)Oc1cccc(CNCc2ccco2)c1. The molecule has 21 heavy (non-hydrogen) atoms. The Kier molecular flexibility index (Phi) is 5.03. The van der Waals surface area contributed by atoms with Gasteiger partial charge in [-0.3, -0.25) is 0 Å². The van der Waals surface area contributed by atoms with Crippen LogP contribution in [0.3, 0.4) is 0 Å². The van der Waals surface area contributed by atoms with Crippen molar-refractivity contribution in [2.75, 3.05) is 0 Å². The molecule has 0 fully saturated rings. The summed E-state index contributed by atoms with van der Waals surface area (Å²) in [6.07, 6.45) is 1.63. The van der Waals surface area contributed by atoms with Crippen LogP contribution in [-0.2, 0) is 23.2 Å². The Morgan fingerprint density at radius 3 is 2.67 bits per heavy atom. The van der Waals surface area contributed by atoms with Gasteiger partial charge in [-0.1, -0.05) is 12.1 Å². The topological polar surface area (TPSA) is 68.5 Å². The van der Waals surface area contributed by atoms with E-state index in [4.69, 9.17) is 8.60 Å². The zero-order chi connectivity index (χ0) is 15.3. The lowest BCUT2D eigenvalue weighted by Gasteiger charge is -2.10. The van der Waals surface area contributed by atoms with Gasteiger partial charge in [-0.15, -0.1) is 0 Å². The molecular formula is C15H19NO4S. The van der Waals surface area contributed by atoms with E-state index in [1.54, 1.807) is 38.3 Å². The number of benzene rings is 1. The summed E-state index contributed by atoms with van der Waals surface area (Å²) in [5.41, 5.74) is 0.943. The third-order valence-electron chi connectivity index (χ3n) is 2.90. The smallest absolute Gasteiger partial charge is 0.311 e. The van der Waals surface area contributed by atoms with Crippen molar-refractivity contribution >= 4 is 10.1 Å². The molecule has 2 rings (SSSR count). The number of hydrogen-bond donors (Lipinski definition) is 1. The standard InChI is InChI=1S/C15H19NO4S/c1-12(2)21(17,18)20-14-6-3-5-13(9-14)10-16-11-15-7-4-8-19-15/h3-9,12,16H,10-11H2,1-2H3. The minimum absolute atomic E-state index is 0.334. The van der Waals surface area contributed by atoms with Crippen molar-refractivity contribution in [1.29, 1.82) is 0 Å². The Bertz CT molecular complexity index is 663. The zero-order valence-corrected chi connectivity index (χ0v) is 12.9. The molecule has 0 aliphatic heterocycles. The van der Waals surface area contributed by atoms with Crippen LogP contribution in [0.25, 0.3) is 0 Å². The Labute approximate surface area is 125 Å². The predicted octanol–water partition coefficient (Wildman–Crippen LogP) is 2.69. The van der Waals surface area contributed by atoms with Crippen LogP contribution in [0.5, 0.6) is 5.75 Å². The molecule has 0 aliphatic rings.